The quantitative estimate of drug-likeness (QED) is 0.831. The Bertz CT molecular complexity index is 860. The first-order valence-corrected chi connectivity index (χ1v) is 9.32. The van der Waals surface area contributed by atoms with Gasteiger partial charge in [0.05, 0.1) is 32.4 Å². The molecule has 1 aromatic carbocycles. The molecule has 0 radical (unpaired) electrons. The lowest BCUT2D eigenvalue weighted by atomic mass is 10.1. The topological polar surface area (TPSA) is 103 Å². The summed E-state index contributed by atoms with van der Waals surface area (Å²) in [5, 5.41) is 0.707. The maximum absolute atomic E-state index is 12.1. The van der Waals surface area contributed by atoms with E-state index >= 15 is 0 Å². The molecule has 1 atom stereocenters. The molecule has 3 rings (SSSR count). The number of amides is 1. The van der Waals surface area contributed by atoms with Crippen molar-refractivity contribution < 1.29 is 19.0 Å². The Morgan fingerprint density at radius 3 is 2.68 bits per heavy atom. The molecule has 152 valence electrons. The van der Waals surface area contributed by atoms with E-state index in [0.29, 0.717) is 47.3 Å². The second kappa shape index (κ2) is 8.37. The Kier molecular flexibility index (Phi) is 5.91. The molecule has 0 saturated carbocycles. The molecule has 1 aliphatic heterocycles. The smallest absolute Gasteiger partial charge is 0.409 e. The van der Waals surface area contributed by atoms with E-state index < -0.39 is 0 Å². The number of nitrogens with two attached hydrogens (primary N) is 1. The lowest BCUT2D eigenvalue weighted by molar-refractivity contribution is 0.0979. The van der Waals surface area contributed by atoms with Gasteiger partial charge in [0.2, 0.25) is 5.95 Å². The summed E-state index contributed by atoms with van der Waals surface area (Å²) in [7, 11) is 4.91. The zero-order valence-electron chi connectivity index (χ0n) is 16.8. The van der Waals surface area contributed by atoms with E-state index in [-0.39, 0.29) is 12.1 Å². The van der Waals surface area contributed by atoms with Crippen molar-refractivity contribution in [3.63, 3.8) is 0 Å². The first kappa shape index (κ1) is 19.8. The Hall–Kier alpha value is -2.97. The molecule has 0 spiro atoms. The normalized spacial score (nSPS) is 16.7. The van der Waals surface area contributed by atoms with Crippen LogP contribution >= 0.6 is 0 Å². The standard InChI is InChI=1S/C19H27N5O4/c1-5-28-19(25)23(2)12-7-6-8-24(11-12)18-21-14-10-16(27-4)15(26-3)9-13(14)17(20)22-18/h9-10,12H,5-8,11H2,1-4H3,(H2,20,21,22). The van der Waals surface area contributed by atoms with Gasteiger partial charge in [0.15, 0.2) is 11.5 Å². The van der Waals surface area contributed by atoms with Crippen LogP contribution in [0.25, 0.3) is 10.9 Å². The Morgan fingerprint density at radius 2 is 2.00 bits per heavy atom. The van der Waals surface area contributed by atoms with E-state index in [2.05, 4.69) is 14.9 Å². The van der Waals surface area contributed by atoms with E-state index in [9.17, 15) is 4.79 Å². The molecule has 0 aliphatic carbocycles. The lowest BCUT2D eigenvalue weighted by Gasteiger charge is -2.37. The number of nitrogens with zero attached hydrogens (tertiary/aromatic N) is 4. The average molecular weight is 389 g/mol. The van der Waals surface area contributed by atoms with Gasteiger partial charge in [0, 0.05) is 31.6 Å². The largest absolute Gasteiger partial charge is 0.493 e. The third-order valence-corrected chi connectivity index (χ3v) is 5.00. The van der Waals surface area contributed by atoms with Crippen molar-refractivity contribution in [2.45, 2.75) is 25.8 Å². The summed E-state index contributed by atoms with van der Waals surface area (Å²) >= 11 is 0. The summed E-state index contributed by atoms with van der Waals surface area (Å²) in [4.78, 5) is 24.9. The van der Waals surface area contributed by atoms with Gasteiger partial charge in [-0.15, -0.1) is 0 Å². The predicted octanol–water partition coefficient (Wildman–Crippen LogP) is 2.29. The van der Waals surface area contributed by atoms with Gasteiger partial charge in [-0.2, -0.15) is 4.98 Å². The van der Waals surface area contributed by atoms with E-state index in [4.69, 9.17) is 19.9 Å². The maximum atomic E-state index is 12.1. The van der Waals surface area contributed by atoms with Crippen molar-refractivity contribution in [2.75, 3.05) is 51.6 Å². The van der Waals surface area contributed by atoms with Crippen molar-refractivity contribution in [3.8, 4) is 11.5 Å². The lowest BCUT2D eigenvalue weighted by Crippen LogP contribution is -2.49. The van der Waals surface area contributed by atoms with Crippen molar-refractivity contribution in [3.05, 3.63) is 12.1 Å². The minimum Gasteiger partial charge on any atom is -0.493 e. The molecule has 2 N–H and O–H groups in total. The van der Waals surface area contributed by atoms with Gasteiger partial charge in [0.1, 0.15) is 5.82 Å². The van der Waals surface area contributed by atoms with Gasteiger partial charge in [-0.25, -0.2) is 9.78 Å². The molecule has 1 aromatic heterocycles. The molecule has 1 saturated heterocycles. The van der Waals surface area contributed by atoms with Crippen LogP contribution in [0.5, 0.6) is 11.5 Å². The number of carbonyl (C=O) groups is 1. The number of benzene rings is 1. The second-order valence-electron chi connectivity index (χ2n) is 6.69. The highest BCUT2D eigenvalue weighted by molar-refractivity contribution is 5.91. The molecular formula is C19H27N5O4. The van der Waals surface area contributed by atoms with Crippen LogP contribution in [0.1, 0.15) is 19.8 Å². The highest BCUT2D eigenvalue weighted by Crippen LogP contribution is 2.34. The van der Waals surface area contributed by atoms with Crippen LogP contribution in [-0.4, -0.2) is 68.0 Å². The zero-order chi connectivity index (χ0) is 20.3. The molecule has 2 aromatic rings. The highest BCUT2D eigenvalue weighted by Gasteiger charge is 2.28. The van der Waals surface area contributed by atoms with Crippen molar-refractivity contribution in [2.24, 2.45) is 0 Å². The number of nitrogen functional groups attached to an aromatic ring is 1. The molecule has 1 fully saturated rings. The zero-order valence-corrected chi connectivity index (χ0v) is 16.8. The SMILES string of the molecule is CCOC(=O)N(C)C1CCCN(c2nc(N)c3cc(OC)c(OC)cc3n2)C1. The average Bonchev–Trinajstić information content (AvgIpc) is 2.72. The highest BCUT2D eigenvalue weighted by atomic mass is 16.6. The van der Waals surface area contributed by atoms with Crippen LogP contribution in [0.4, 0.5) is 16.6 Å². The molecule has 9 heteroatoms. The minimum absolute atomic E-state index is 0.0266. The second-order valence-corrected chi connectivity index (χ2v) is 6.69. The first-order chi connectivity index (χ1) is 13.5. The molecule has 9 nitrogen and oxygen atoms in total. The van der Waals surface area contributed by atoms with E-state index in [1.807, 2.05) is 0 Å². The van der Waals surface area contributed by atoms with Crippen LogP contribution in [0, 0.1) is 0 Å². The van der Waals surface area contributed by atoms with Crippen LogP contribution in [-0.2, 0) is 4.74 Å². The molecule has 1 amide bonds. The van der Waals surface area contributed by atoms with Crippen LogP contribution in [0.2, 0.25) is 0 Å². The van der Waals surface area contributed by atoms with Crippen molar-refractivity contribution in [1.29, 1.82) is 0 Å². The first-order valence-electron chi connectivity index (χ1n) is 9.32. The van der Waals surface area contributed by atoms with Crippen molar-refractivity contribution >= 4 is 28.8 Å². The Labute approximate surface area is 164 Å². The molecule has 0 bridgehead atoms. The molecule has 28 heavy (non-hydrogen) atoms. The number of ether oxygens (including phenoxy) is 3. The summed E-state index contributed by atoms with van der Waals surface area (Å²) < 4.78 is 15.8. The maximum Gasteiger partial charge on any atom is 0.409 e. The van der Waals surface area contributed by atoms with Gasteiger partial charge in [-0.05, 0) is 25.8 Å². The Balaban J connectivity index is 1.89. The summed E-state index contributed by atoms with van der Waals surface area (Å²) in [6.07, 6.45) is 1.51. The van der Waals surface area contributed by atoms with Crippen LogP contribution < -0.4 is 20.1 Å². The monoisotopic (exact) mass is 389 g/mol. The molecular weight excluding hydrogens is 362 g/mol. The number of methoxy groups -OCH3 is 2. The van der Waals surface area contributed by atoms with Crippen molar-refractivity contribution in [1.82, 2.24) is 14.9 Å². The number of anilines is 2. The third kappa shape index (κ3) is 3.83. The summed E-state index contributed by atoms with van der Waals surface area (Å²) in [6.45, 7) is 3.57. The minimum atomic E-state index is -0.315. The molecule has 1 aliphatic rings. The summed E-state index contributed by atoms with van der Waals surface area (Å²) in [5.74, 6) is 2.07. The van der Waals surface area contributed by atoms with Gasteiger partial charge < -0.3 is 29.7 Å². The summed E-state index contributed by atoms with van der Waals surface area (Å²) in [6, 6.07) is 3.60. The Morgan fingerprint density at radius 1 is 1.29 bits per heavy atom. The van der Waals surface area contributed by atoms with Gasteiger partial charge in [-0.1, -0.05) is 0 Å². The third-order valence-electron chi connectivity index (χ3n) is 5.00. The van der Waals surface area contributed by atoms with Crippen LogP contribution in [0.15, 0.2) is 12.1 Å². The number of piperidine rings is 1. The van der Waals surface area contributed by atoms with Gasteiger partial charge in [0.25, 0.3) is 0 Å². The fraction of sp³-hybridized carbons (Fsp3) is 0.526. The number of likely N-dealkylation sites (N-methyl/N-ethyl adjacent to an activating group) is 1. The predicted molar refractivity (Wildman–Crippen MR) is 107 cm³/mol. The fourth-order valence-corrected chi connectivity index (χ4v) is 3.43. The number of aromatic nitrogens is 2. The van der Waals surface area contributed by atoms with Gasteiger partial charge >= 0.3 is 6.09 Å². The number of carbonyl (C=O) groups excluding carboxylic acids is 1. The van der Waals surface area contributed by atoms with E-state index in [1.165, 1.54) is 0 Å². The molecule has 2 heterocycles. The number of hydrogen-bond donors (Lipinski definition) is 1. The number of fused-ring (bicyclic) bond motifs is 1. The van der Waals surface area contributed by atoms with Gasteiger partial charge in [-0.3, -0.25) is 0 Å². The molecule has 1 unspecified atom stereocenters. The van der Waals surface area contributed by atoms with E-state index in [1.54, 1.807) is 45.2 Å². The van der Waals surface area contributed by atoms with E-state index in [0.717, 1.165) is 19.4 Å². The summed E-state index contributed by atoms with van der Waals surface area (Å²) in [5.41, 5.74) is 6.88. The fourth-order valence-electron chi connectivity index (χ4n) is 3.43. The number of rotatable bonds is 5. The van der Waals surface area contributed by atoms with Crippen LogP contribution in [0.3, 0.4) is 0 Å². The number of hydrogen-bond acceptors (Lipinski definition) is 8.